The van der Waals surface area contributed by atoms with Gasteiger partial charge in [0.1, 0.15) is 11.7 Å². The van der Waals surface area contributed by atoms with Crippen LogP contribution in [0.25, 0.3) is 0 Å². The number of Topliss-reactive ketones (excluding diaryl/α,β-unsaturated/α-hetero) is 1. The van der Waals surface area contributed by atoms with Gasteiger partial charge in [0.15, 0.2) is 5.78 Å². The number of carbonyl (C=O) groups excluding carboxylic acids is 2. The maximum atomic E-state index is 12.9. The van der Waals surface area contributed by atoms with E-state index in [-0.39, 0.29) is 30.7 Å². The van der Waals surface area contributed by atoms with Gasteiger partial charge in [-0.25, -0.2) is 0 Å². The summed E-state index contributed by atoms with van der Waals surface area (Å²) in [5.41, 5.74) is -0.868. The van der Waals surface area contributed by atoms with Crippen molar-refractivity contribution in [3.8, 4) is 5.75 Å². The van der Waals surface area contributed by atoms with Crippen LogP contribution < -0.4 is 10.1 Å². The molecule has 1 aliphatic carbocycles. The number of methoxy groups -OCH3 is 1. The Balaban J connectivity index is 1.84. The van der Waals surface area contributed by atoms with Crippen LogP contribution in [0.5, 0.6) is 5.75 Å². The number of alkyl halides is 3. The number of ketones is 1. The van der Waals surface area contributed by atoms with E-state index < -0.39 is 35.2 Å². The summed E-state index contributed by atoms with van der Waals surface area (Å²) in [4.78, 5) is 25.3. The fraction of sp³-hybridized carbons (Fsp3) is 0.529. The molecule has 1 unspecified atom stereocenters. The first-order chi connectivity index (χ1) is 11.7. The molecule has 1 N–H and O–H groups in total. The van der Waals surface area contributed by atoms with E-state index in [1.54, 1.807) is 12.1 Å². The van der Waals surface area contributed by atoms with Crippen LogP contribution in [0.3, 0.4) is 0 Å². The van der Waals surface area contributed by atoms with Crippen molar-refractivity contribution in [2.24, 2.45) is 5.92 Å². The molecule has 1 amide bonds. The van der Waals surface area contributed by atoms with E-state index in [1.165, 1.54) is 13.2 Å². The van der Waals surface area contributed by atoms with E-state index in [2.05, 4.69) is 5.32 Å². The van der Waals surface area contributed by atoms with Gasteiger partial charge in [-0.15, -0.1) is 0 Å². The van der Waals surface area contributed by atoms with Gasteiger partial charge in [0.05, 0.1) is 18.6 Å². The predicted molar refractivity (Wildman–Crippen MR) is 84.6 cm³/mol. The quantitative estimate of drug-likeness (QED) is 0.803. The van der Waals surface area contributed by atoms with Crippen LogP contribution in [-0.4, -0.2) is 30.5 Å². The van der Waals surface area contributed by atoms with Gasteiger partial charge in [0.2, 0.25) is 5.91 Å². The van der Waals surface area contributed by atoms with Gasteiger partial charge in [-0.1, -0.05) is 17.7 Å². The summed E-state index contributed by atoms with van der Waals surface area (Å²) >= 11 is 6.17. The molecular formula is C17H17ClF3NO3. The summed E-state index contributed by atoms with van der Waals surface area (Å²) in [5, 5.41) is 2.87. The lowest BCUT2D eigenvalue weighted by atomic mass is 9.73. The van der Waals surface area contributed by atoms with Crippen molar-refractivity contribution in [3.05, 3.63) is 28.8 Å². The van der Waals surface area contributed by atoms with Gasteiger partial charge < -0.3 is 10.1 Å². The largest absolute Gasteiger partial charge is 0.497 e. The zero-order valence-corrected chi connectivity index (χ0v) is 14.2. The highest BCUT2D eigenvalue weighted by molar-refractivity contribution is 6.33. The van der Waals surface area contributed by atoms with Crippen molar-refractivity contribution in [2.45, 2.75) is 43.3 Å². The van der Waals surface area contributed by atoms with Crippen molar-refractivity contribution < 1.29 is 27.5 Å². The summed E-state index contributed by atoms with van der Waals surface area (Å²) in [5.74, 6) is -2.94. The maximum Gasteiger partial charge on any atom is 0.391 e. The lowest BCUT2D eigenvalue weighted by molar-refractivity contribution is -0.185. The molecule has 1 saturated heterocycles. The average Bonchev–Trinajstić information content (AvgIpc) is 2.78. The fourth-order valence-corrected chi connectivity index (χ4v) is 4.01. The molecule has 1 aliphatic heterocycles. The van der Waals surface area contributed by atoms with Gasteiger partial charge in [0, 0.05) is 5.02 Å². The van der Waals surface area contributed by atoms with Crippen molar-refractivity contribution in [1.29, 1.82) is 0 Å². The Morgan fingerprint density at radius 2 is 1.88 bits per heavy atom. The molecule has 1 saturated carbocycles. The Labute approximate surface area is 147 Å². The number of nitrogens with one attached hydrogen (secondary N) is 1. The molecule has 136 valence electrons. The number of carbonyl (C=O) groups is 2. The molecule has 0 radical (unpaired) electrons. The van der Waals surface area contributed by atoms with Crippen molar-refractivity contribution in [2.75, 3.05) is 7.11 Å². The van der Waals surface area contributed by atoms with Crippen molar-refractivity contribution in [3.63, 3.8) is 0 Å². The third kappa shape index (κ3) is 3.10. The van der Waals surface area contributed by atoms with Crippen molar-refractivity contribution in [1.82, 2.24) is 5.32 Å². The monoisotopic (exact) mass is 375 g/mol. The topological polar surface area (TPSA) is 55.4 Å². The van der Waals surface area contributed by atoms with Gasteiger partial charge >= 0.3 is 6.18 Å². The Morgan fingerprint density at radius 1 is 1.24 bits per heavy atom. The van der Waals surface area contributed by atoms with Crippen LogP contribution in [0, 0.1) is 5.92 Å². The highest BCUT2D eigenvalue weighted by Gasteiger charge is 2.56. The maximum absolute atomic E-state index is 12.9. The molecule has 1 spiro atoms. The van der Waals surface area contributed by atoms with Crippen LogP contribution in [0.15, 0.2) is 18.2 Å². The molecule has 8 heteroatoms. The van der Waals surface area contributed by atoms with Crippen LogP contribution in [-0.2, 0) is 9.59 Å². The van der Waals surface area contributed by atoms with Crippen LogP contribution >= 0.6 is 11.6 Å². The van der Waals surface area contributed by atoms with E-state index in [1.807, 2.05) is 0 Å². The first-order valence-corrected chi connectivity index (χ1v) is 8.32. The Hall–Kier alpha value is -1.76. The van der Waals surface area contributed by atoms with Crippen LogP contribution in [0.1, 0.15) is 37.2 Å². The van der Waals surface area contributed by atoms with Crippen LogP contribution in [0.2, 0.25) is 5.02 Å². The number of amides is 1. The molecule has 4 nitrogen and oxygen atoms in total. The minimum absolute atomic E-state index is 0.00791. The lowest BCUT2D eigenvalue weighted by Crippen LogP contribution is -2.50. The standard InChI is InChI=1S/C17H17ClF3NO3/c1-25-10-2-3-11(12(18)8-10)13-14(23)16(22-15(13)24)6-4-9(5-7-16)17(19,20)21/h2-3,8-9,13H,4-7H2,1H3,(H,22,24). The molecule has 0 aromatic heterocycles. The molecule has 0 bridgehead atoms. The summed E-state index contributed by atoms with van der Waals surface area (Å²) in [7, 11) is 1.47. The fourth-order valence-electron chi connectivity index (χ4n) is 3.73. The Kier molecular flexibility index (Phi) is 4.47. The summed E-state index contributed by atoms with van der Waals surface area (Å²) in [6.45, 7) is 0. The predicted octanol–water partition coefficient (Wildman–Crippen LogP) is 3.62. The van der Waals surface area contributed by atoms with E-state index >= 15 is 0 Å². The highest BCUT2D eigenvalue weighted by Crippen LogP contribution is 2.46. The zero-order chi connectivity index (χ0) is 18.4. The third-order valence-corrected chi connectivity index (χ3v) is 5.51. The number of hydrogen-bond acceptors (Lipinski definition) is 3. The smallest absolute Gasteiger partial charge is 0.391 e. The second kappa shape index (κ2) is 6.20. The minimum Gasteiger partial charge on any atom is -0.497 e. The highest BCUT2D eigenvalue weighted by atomic mass is 35.5. The van der Waals surface area contributed by atoms with Gasteiger partial charge in [-0.2, -0.15) is 13.2 Å². The normalized spacial score (nSPS) is 29.8. The molecule has 1 aromatic carbocycles. The number of ether oxygens (including phenoxy) is 1. The number of benzene rings is 1. The van der Waals surface area contributed by atoms with E-state index in [4.69, 9.17) is 16.3 Å². The van der Waals surface area contributed by atoms with Crippen LogP contribution in [0.4, 0.5) is 13.2 Å². The minimum atomic E-state index is -4.27. The molecular weight excluding hydrogens is 359 g/mol. The molecule has 1 aromatic rings. The van der Waals surface area contributed by atoms with Gasteiger partial charge in [-0.3, -0.25) is 9.59 Å². The molecule has 2 fully saturated rings. The van der Waals surface area contributed by atoms with Gasteiger partial charge in [0.25, 0.3) is 0 Å². The van der Waals surface area contributed by atoms with E-state index in [9.17, 15) is 22.8 Å². The van der Waals surface area contributed by atoms with Gasteiger partial charge in [-0.05, 0) is 43.4 Å². The number of halogens is 4. The second-order valence-electron chi connectivity index (χ2n) is 6.57. The summed E-state index contributed by atoms with van der Waals surface area (Å²) in [6, 6.07) is 4.64. The first kappa shape index (κ1) is 18.0. The number of hydrogen-bond donors (Lipinski definition) is 1. The third-order valence-electron chi connectivity index (χ3n) is 5.18. The Bertz CT molecular complexity index is 712. The van der Waals surface area contributed by atoms with E-state index in [0.717, 1.165) is 0 Å². The zero-order valence-electron chi connectivity index (χ0n) is 13.5. The number of rotatable bonds is 2. The average molecular weight is 376 g/mol. The molecule has 2 aliphatic rings. The Morgan fingerprint density at radius 3 is 2.40 bits per heavy atom. The molecule has 3 rings (SSSR count). The molecule has 1 heterocycles. The lowest BCUT2D eigenvalue weighted by Gasteiger charge is -2.36. The molecule has 1 atom stereocenters. The SMILES string of the molecule is COc1ccc(C2C(=O)NC3(CCC(C(F)(F)F)CC3)C2=O)c(Cl)c1. The van der Waals surface area contributed by atoms with Crippen molar-refractivity contribution >= 4 is 23.3 Å². The summed E-state index contributed by atoms with van der Waals surface area (Å²) in [6.07, 6.45) is -4.62. The second-order valence-corrected chi connectivity index (χ2v) is 6.98. The summed E-state index contributed by atoms with van der Waals surface area (Å²) < 4.78 is 43.6. The molecule has 25 heavy (non-hydrogen) atoms. The first-order valence-electron chi connectivity index (χ1n) is 7.94. The van der Waals surface area contributed by atoms with E-state index in [0.29, 0.717) is 11.3 Å².